The molecule has 0 amide bonds. The predicted molar refractivity (Wildman–Crippen MR) is 29.0 cm³/mol. The van der Waals surface area contributed by atoms with Gasteiger partial charge in [0.25, 0.3) is 0 Å². The van der Waals surface area contributed by atoms with Crippen molar-refractivity contribution in [3.8, 4) is 0 Å². The Balaban J connectivity index is -0.0000000267. The van der Waals surface area contributed by atoms with Crippen molar-refractivity contribution in [1.82, 2.24) is 0 Å². The van der Waals surface area contributed by atoms with E-state index in [-0.39, 0.29) is 39.4 Å². The fraction of sp³-hybridized carbons (Fsp3) is 1.00. The van der Waals surface area contributed by atoms with Gasteiger partial charge in [0.2, 0.25) is 0 Å². The Hall–Kier alpha value is 1.02. The molecule has 0 saturated carbocycles. The van der Waals surface area contributed by atoms with Crippen LogP contribution in [0.4, 0.5) is 0 Å². The Morgan fingerprint density at radius 1 is 1.29 bits per heavy atom. The first-order chi connectivity index (χ1) is 2.41. The first-order valence-electron chi connectivity index (χ1n) is 1.99. The van der Waals surface area contributed by atoms with Crippen molar-refractivity contribution in [3.05, 3.63) is 0 Å². The van der Waals surface area contributed by atoms with E-state index in [1.807, 2.05) is 13.8 Å². The zero-order valence-electron chi connectivity index (χ0n) is 6.40. The summed E-state index contributed by atoms with van der Waals surface area (Å²) in [5.41, 5.74) is 0. The third kappa shape index (κ3) is 19.4. The molecule has 0 aliphatic heterocycles. The second kappa shape index (κ2) is 15.7. The third-order valence-electron chi connectivity index (χ3n) is 0.408. The molecule has 0 aliphatic rings. The molecule has 3 radical (unpaired) electrons. The average molecular weight is 109 g/mol. The van der Waals surface area contributed by atoms with E-state index >= 15 is 0 Å². The van der Waals surface area contributed by atoms with Crippen LogP contribution in [0.5, 0.6) is 0 Å². The fourth-order valence-electron chi connectivity index (χ4n) is 0.204. The van der Waals surface area contributed by atoms with Crippen molar-refractivity contribution in [1.29, 1.82) is 0 Å². The SMILES string of the molecule is CCOCC.[B].[H-].[Na+]. The van der Waals surface area contributed by atoms with Crippen LogP contribution in [0.2, 0.25) is 0 Å². The second-order valence-electron chi connectivity index (χ2n) is 0.781. The van der Waals surface area contributed by atoms with Gasteiger partial charge in [0.15, 0.2) is 0 Å². The van der Waals surface area contributed by atoms with E-state index in [2.05, 4.69) is 0 Å². The quantitative estimate of drug-likeness (QED) is 0.365. The Morgan fingerprint density at radius 3 is 1.57 bits per heavy atom. The fourth-order valence-corrected chi connectivity index (χ4v) is 0.204. The van der Waals surface area contributed by atoms with Crippen molar-refractivity contribution < 1.29 is 35.7 Å². The molecule has 37 valence electrons. The molecular weight excluding hydrogens is 97.8 g/mol. The van der Waals surface area contributed by atoms with Crippen LogP contribution >= 0.6 is 0 Å². The monoisotopic (exact) mass is 109 g/mol. The Morgan fingerprint density at radius 2 is 1.57 bits per heavy atom. The summed E-state index contributed by atoms with van der Waals surface area (Å²) in [6, 6.07) is 0. The zero-order chi connectivity index (χ0) is 4.12. The maximum atomic E-state index is 4.83. The third-order valence-corrected chi connectivity index (χ3v) is 0.408. The molecule has 0 atom stereocenters. The van der Waals surface area contributed by atoms with Crippen molar-refractivity contribution in [2.75, 3.05) is 13.2 Å². The largest absolute Gasteiger partial charge is 1.00 e. The number of hydrogen-bond donors (Lipinski definition) is 0. The molecule has 1 nitrogen and oxygen atoms in total. The minimum absolute atomic E-state index is 0. The van der Waals surface area contributed by atoms with E-state index in [1.54, 1.807) is 0 Å². The summed E-state index contributed by atoms with van der Waals surface area (Å²) in [7, 11) is 0. The van der Waals surface area contributed by atoms with Gasteiger partial charge in [-0.05, 0) is 13.8 Å². The maximum absolute atomic E-state index is 4.83. The van der Waals surface area contributed by atoms with Crippen LogP contribution in [-0.2, 0) is 4.74 Å². The molecule has 0 aromatic rings. The van der Waals surface area contributed by atoms with Gasteiger partial charge in [-0.3, -0.25) is 0 Å². The van der Waals surface area contributed by atoms with E-state index in [1.165, 1.54) is 0 Å². The van der Waals surface area contributed by atoms with Crippen molar-refractivity contribution in [3.63, 3.8) is 0 Å². The predicted octanol–water partition coefficient (Wildman–Crippen LogP) is -2.22. The minimum Gasteiger partial charge on any atom is -1.00 e. The molecule has 7 heavy (non-hydrogen) atoms. The van der Waals surface area contributed by atoms with E-state index < -0.39 is 0 Å². The summed E-state index contributed by atoms with van der Waals surface area (Å²) in [6.45, 7) is 5.67. The van der Waals surface area contributed by atoms with Gasteiger partial charge < -0.3 is 6.16 Å². The standard InChI is InChI=1S/C4H10O.B.Na.H/c1-3-5-4-2;;;/h3-4H2,1-2H3;;;/q;;+1;-1. The van der Waals surface area contributed by atoms with Crippen LogP contribution < -0.4 is 29.6 Å². The van der Waals surface area contributed by atoms with Crippen molar-refractivity contribution in [2.45, 2.75) is 13.8 Å². The summed E-state index contributed by atoms with van der Waals surface area (Å²) in [4.78, 5) is 0. The normalized spacial score (nSPS) is 6.00. The van der Waals surface area contributed by atoms with Crippen LogP contribution in [0, 0.1) is 0 Å². The summed E-state index contributed by atoms with van der Waals surface area (Å²) in [5.74, 6) is 0. The van der Waals surface area contributed by atoms with E-state index in [0.29, 0.717) is 0 Å². The van der Waals surface area contributed by atoms with Gasteiger partial charge in [-0.1, -0.05) is 0 Å². The maximum Gasteiger partial charge on any atom is 1.00 e. The molecular formula is C4H11BNaO. The number of rotatable bonds is 2. The van der Waals surface area contributed by atoms with Gasteiger partial charge in [-0.25, -0.2) is 0 Å². The molecule has 0 aromatic carbocycles. The first kappa shape index (κ1) is 15.7. The summed E-state index contributed by atoms with van der Waals surface area (Å²) in [6.07, 6.45) is 0. The molecule has 0 unspecified atom stereocenters. The molecule has 0 aromatic heterocycles. The molecule has 0 bridgehead atoms. The van der Waals surface area contributed by atoms with E-state index in [0.717, 1.165) is 13.2 Å². The Bertz CT molecular complexity index is 23.5. The van der Waals surface area contributed by atoms with Crippen LogP contribution in [0.25, 0.3) is 0 Å². The van der Waals surface area contributed by atoms with Gasteiger partial charge >= 0.3 is 29.6 Å². The van der Waals surface area contributed by atoms with Crippen molar-refractivity contribution in [2.24, 2.45) is 0 Å². The molecule has 3 heteroatoms. The van der Waals surface area contributed by atoms with Gasteiger partial charge in [0.05, 0.1) is 0 Å². The van der Waals surface area contributed by atoms with Crippen LogP contribution in [0.3, 0.4) is 0 Å². The first-order valence-corrected chi connectivity index (χ1v) is 1.99. The summed E-state index contributed by atoms with van der Waals surface area (Å²) in [5, 5.41) is 0. The van der Waals surface area contributed by atoms with Gasteiger partial charge in [-0.2, -0.15) is 0 Å². The summed E-state index contributed by atoms with van der Waals surface area (Å²) < 4.78 is 4.83. The van der Waals surface area contributed by atoms with Gasteiger partial charge in [0, 0.05) is 21.6 Å². The molecule has 0 rings (SSSR count). The molecule has 0 fully saturated rings. The van der Waals surface area contributed by atoms with E-state index in [9.17, 15) is 0 Å². The van der Waals surface area contributed by atoms with Crippen LogP contribution in [0.15, 0.2) is 0 Å². The summed E-state index contributed by atoms with van der Waals surface area (Å²) >= 11 is 0. The van der Waals surface area contributed by atoms with Crippen molar-refractivity contribution >= 4 is 8.41 Å². The zero-order valence-corrected chi connectivity index (χ0v) is 7.40. The molecule has 0 aliphatic carbocycles. The van der Waals surface area contributed by atoms with Crippen LogP contribution in [0.1, 0.15) is 15.3 Å². The molecule has 0 spiro atoms. The van der Waals surface area contributed by atoms with Crippen LogP contribution in [-0.4, -0.2) is 21.6 Å². The number of ether oxygens (including phenoxy) is 1. The smallest absolute Gasteiger partial charge is 1.00 e. The average Bonchev–Trinajstić information content (AvgIpc) is 1.41. The molecule has 0 saturated heterocycles. The Kier molecular flexibility index (Phi) is 35.3. The van der Waals surface area contributed by atoms with Gasteiger partial charge in [0.1, 0.15) is 0 Å². The van der Waals surface area contributed by atoms with E-state index in [4.69, 9.17) is 4.74 Å². The topological polar surface area (TPSA) is 9.23 Å². The number of hydrogen-bond acceptors (Lipinski definition) is 1. The van der Waals surface area contributed by atoms with Gasteiger partial charge in [-0.15, -0.1) is 0 Å². The Labute approximate surface area is 71.2 Å². The molecule has 0 heterocycles. The molecule has 0 N–H and O–H groups in total. The minimum atomic E-state index is 0. The second-order valence-corrected chi connectivity index (χ2v) is 0.781.